The van der Waals surface area contributed by atoms with Crippen LogP contribution in [0.2, 0.25) is 0 Å². The molecule has 450 valence electrons. The molecule has 0 bridgehead atoms. The van der Waals surface area contributed by atoms with Crippen LogP contribution in [0.5, 0.6) is 17.2 Å². The van der Waals surface area contributed by atoms with Gasteiger partial charge in [0.25, 0.3) is 0 Å². The first-order valence-corrected chi connectivity index (χ1v) is 27.6. The summed E-state index contributed by atoms with van der Waals surface area (Å²) >= 11 is 5.63. The minimum Gasteiger partial charge on any atom is -0.507 e. The molecule has 6 aliphatic rings. The lowest BCUT2D eigenvalue weighted by Gasteiger charge is -2.46. The molecule has 5 heterocycles. The quantitative estimate of drug-likeness (QED) is 0.0763. The Morgan fingerprint density at radius 3 is 1.85 bits per heavy atom. The molecule has 0 radical (unpaired) electrons. The van der Waals surface area contributed by atoms with Gasteiger partial charge in [0.1, 0.15) is 78.1 Å². The normalized spacial score (nSPS) is 40.9. The second kappa shape index (κ2) is 25.4. The van der Waals surface area contributed by atoms with Crippen LogP contribution in [0.15, 0.2) is 12.1 Å². The molecule has 25 atom stereocenters. The number of fused-ring (bicyclic) bond motifs is 2. The topological polar surface area (TPSA) is 364 Å². The molecule has 0 saturated carbocycles. The number of methoxy groups -OCH3 is 1. The Bertz CT molecular complexity index is 2500. The summed E-state index contributed by atoms with van der Waals surface area (Å²) in [4.78, 5) is 40.9. The fourth-order valence-electron chi connectivity index (χ4n) is 11.7. The Balaban J connectivity index is 1.02. The number of carbonyl (C=O) groups excluding carboxylic acids is 3. The van der Waals surface area contributed by atoms with Crippen LogP contribution in [0.1, 0.15) is 102 Å². The lowest BCUT2D eigenvalue weighted by atomic mass is 9.75. The zero-order valence-corrected chi connectivity index (χ0v) is 46.7. The molecule has 0 aromatic heterocycles. The van der Waals surface area contributed by atoms with Crippen LogP contribution in [-0.4, -0.2) is 229 Å². The van der Waals surface area contributed by atoms with Crippen LogP contribution >= 0.6 is 11.6 Å². The van der Waals surface area contributed by atoms with Crippen LogP contribution in [0.3, 0.4) is 0 Å². The first kappa shape index (κ1) is 62.5. The van der Waals surface area contributed by atoms with Crippen LogP contribution in [0.25, 0.3) is 10.8 Å². The first-order chi connectivity index (χ1) is 37.6. The fraction of sp³-hybridized carbons (Fsp3) is 0.759. The Morgan fingerprint density at radius 1 is 0.738 bits per heavy atom. The van der Waals surface area contributed by atoms with Crippen molar-refractivity contribution in [2.75, 3.05) is 13.0 Å². The standard InChI is InChI=1S/C54H77ClO25/c1-19-30(76-36-15-32(45(62)22(4)70-36)78-37-14-31(75-34(58)18-55)44(61)21(3)71-37)12-27-10-26-11-28(51(69-9)49(66)43(60)20(2)56)52(48(65)41(26)47(64)40(27)42(19)59)79-38-16-33(46(63)23(5)72-38)77-35-13-29(57)50(24(6)73-35)80-39-17-54(8,68)53(67)25(7)74-39/h10,12,20-25,28-29,31-33,35-39,43-46,50-53,56-57,59-64,67-68H,11,13-18H2,1-9H3/t20-,21-,22-,23-,24-,25-,28+,29-,31-,32+,33-,35-,36+,37+,38+,39+,43+,44-,45-,46-,50+,51+,52+,53-,54+/m1/s1. The summed E-state index contributed by atoms with van der Waals surface area (Å²) in [6, 6.07) is 3.00. The van der Waals surface area contributed by atoms with E-state index in [0.29, 0.717) is 0 Å². The Kier molecular flexibility index (Phi) is 19.8. The summed E-state index contributed by atoms with van der Waals surface area (Å²) in [6.07, 6.45) is -27.4. The molecule has 2 aromatic rings. The van der Waals surface area contributed by atoms with Crippen LogP contribution < -0.4 is 4.74 Å². The number of hydrogen-bond acceptors (Lipinski definition) is 25. The highest BCUT2D eigenvalue weighted by Crippen LogP contribution is 2.48. The van der Waals surface area contributed by atoms with Gasteiger partial charge in [-0.1, -0.05) is 0 Å². The number of phenols is 2. The highest BCUT2D eigenvalue weighted by molar-refractivity contribution is 6.26. The van der Waals surface area contributed by atoms with Crippen LogP contribution in [-0.2, 0) is 68.1 Å². The maximum absolute atomic E-state index is 15.0. The Morgan fingerprint density at radius 2 is 1.27 bits per heavy atom. The number of hydrogen-bond donors (Lipinski definition) is 10. The Labute approximate surface area is 466 Å². The number of rotatable bonds is 17. The predicted octanol–water partition coefficient (Wildman–Crippen LogP) is 0.540. The second-order valence-electron chi connectivity index (χ2n) is 22.3. The van der Waals surface area contributed by atoms with Crippen molar-refractivity contribution in [2.24, 2.45) is 5.92 Å². The van der Waals surface area contributed by atoms with E-state index in [9.17, 15) is 60.7 Å². The van der Waals surface area contributed by atoms with Gasteiger partial charge in [-0.15, -0.1) is 11.6 Å². The summed E-state index contributed by atoms with van der Waals surface area (Å²) in [5.41, 5.74) is -1.50. The molecule has 26 heteroatoms. The zero-order valence-electron chi connectivity index (χ0n) is 45.9. The second-order valence-corrected chi connectivity index (χ2v) is 22.6. The van der Waals surface area contributed by atoms with E-state index in [1.165, 1.54) is 46.9 Å². The lowest BCUT2D eigenvalue weighted by molar-refractivity contribution is -0.337. The van der Waals surface area contributed by atoms with Gasteiger partial charge in [-0.3, -0.25) is 14.4 Å². The summed E-state index contributed by atoms with van der Waals surface area (Å²) in [6.45, 7) is 12.1. The van der Waals surface area contributed by atoms with Gasteiger partial charge in [-0.05, 0) is 84.9 Å². The van der Waals surface area contributed by atoms with E-state index in [0.717, 1.165) is 0 Å². The number of alkyl halides is 1. The summed E-state index contributed by atoms with van der Waals surface area (Å²) in [5.74, 6) is -5.34. The van der Waals surface area contributed by atoms with Gasteiger partial charge in [0, 0.05) is 50.7 Å². The van der Waals surface area contributed by atoms with Crippen molar-refractivity contribution in [1.29, 1.82) is 0 Å². The van der Waals surface area contributed by atoms with Gasteiger partial charge in [0.15, 0.2) is 36.7 Å². The molecule has 8 rings (SSSR count). The maximum atomic E-state index is 15.0. The average Bonchev–Trinajstić information content (AvgIpc) is 3.50. The molecular weight excluding hydrogens is 1080 g/mol. The van der Waals surface area contributed by atoms with Crippen molar-refractivity contribution < 1.29 is 122 Å². The molecule has 0 amide bonds. The van der Waals surface area contributed by atoms with Crippen molar-refractivity contribution in [3.8, 4) is 17.2 Å². The van der Waals surface area contributed by atoms with Gasteiger partial charge < -0.3 is 108 Å². The minimum absolute atomic E-state index is 0.0732. The molecule has 1 aliphatic carbocycles. The smallest absolute Gasteiger partial charge is 0.321 e. The van der Waals surface area contributed by atoms with Gasteiger partial charge >= 0.3 is 5.97 Å². The van der Waals surface area contributed by atoms with E-state index in [4.69, 9.17) is 68.4 Å². The van der Waals surface area contributed by atoms with E-state index in [-0.39, 0.29) is 71.7 Å². The third-order valence-electron chi connectivity index (χ3n) is 16.2. The number of ketones is 2. The molecular formula is C54H77ClO25. The molecule has 80 heavy (non-hydrogen) atoms. The number of aromatic hydroxyl groups is 2. The SMILES string of the molecule is CO[C@H](C(=O)[C@@H](O)[C@@H](C)O)[C@@H]1Cc2cc3cc(O[C@H]4C[C@H](O[C@H]5C[C@@H](OC(=O)CCl)[C@H](O)[C@@H](C)O5)[C@H](O)[C@@H](C)O4)c(C)c(O)c3c(O)c2C(=O)[C@H]1O[C@H]1C[C@@H](O[C@@H]2C[C@@H](O)[C@@H](O[C@H]3C[C@](C)(O)[C@H](O)[C@@H](C)O3)[C@@H](C)O2)[C@H](O)[C@@H](C)O1. The van der Waals surface area contributed by atoms with Crippen molar-refractivity contribution in [1.82, 2.24) is 0 Å². The van der Waals surface area contributed by atoms with Crippen molar-refractivity contribution >= 4 is 39.9 Å². The molecule has 5 saturated heterocycles. The highest BCUT2D eigenvalue weighted by atomic mass is 35.5. The average molecular weight is 1160 g/mol. The van der Waals surface area contributed by atoms with Gasteiger partial charge in [-0.25, -0.2) is 0 Å². The van der Waals surface area contributed by atoms with Gasteiger partial charge in [0.2, 0.25) is 6.29 Å². The molecule has 10 N–H and O–H groups in total. The number of phenolic OH excluding ortho intramolecular Hbond substituents is 2. The van der Waals surface area contributed by atoms with Gasteiger partial charge in [0.05, 0.1) is 71.5 Å². The third kappa shape index (κ3) is 13.1. The summed E-state index contributed by atoms with van der Waals surface area (Å²) in [7, 11) is 1.17. The number of esters is 1. The molecule has 0 unspecified atom stereocenters. The highest BCUT2D eigenvalue weighted by Gasteiger charge is 2.52. The summed E-state index contributed by atoms with van der Waals surface area (Å²) < 4.78 is 72.0. The van der Waals surface area contributed by atoms with E-state index in [2.05, 4.69) is 0 Å². The van der Waals surface area contributed by atoms with Crippen molar-refractivity contribution in [2.45, 2.75) is 241 Å². The molecule has 5 aliphatic heterocycles. The largest absolute Gasteiger partial charge is 0.507 e. The van der Waals surface area contributed by atoms with E-state index in [1.54, 1.807) is 27.7 Å². The number of carbonyl (C=O) groups is 3. The number of benzene rings is 2. The zero-order chi connectivity index (χ0) is 58.6. The van der Waals surface area contributed by atoms with Gasteiger partial charge in [-0.2, -0.15) is 0 Å². The Hall–Kier alpha value is -3.52. The number of aliphatic hydroxyl groups is 8. The lowest BCUT2D eigenvalue weighted by Crippen LogP contribution is -2.58. The van der Waals surface area contributed by atoms with Crippen molar-refractivity contribution in [3.63, 3.8) is 0 Å². The predicted molar refractivity (Wildman–Crippen MR) is 273 cm³/mol. The first-order valence-electron chi connectivity index (χ1n) is 27.0. The van der Waals surface area contributed by atoms with E-state index < -0.39 is 188 Å². The number of ether oxygens (including phenoxy) is 12. The third-order valence-corrected chi connectivity index (χ3v) is 16.4. The van der Waals surface area contributed by atoms with Crippen LogP contribution in [0, 0.1) is 12.8 Å². The maximum Gasteiger partial charge on any atom is 0.321 e. The molecule has 0 spiro atoms. The monoisotopic (exact) mass is 1160 g/mol. The van der Waals surface area contributed by atoms with E-state index >= 15 is 4.79 Å². The van der Waals surface area contributed by atoms with E-state index in [1.807, 2.05) is 0 Å². The number of aliphatic hydroxyl groups excluding tert-OH is 7. The number of halogens is 1. The molecule has 5 fully saturated rings. The fourth-order valence-corrected chi connectivity index (χ4v) is 11.8. The number of Topliss-reactive ketones (excluding diaryl/α,β-unsaturated/α-hetero) is 2. The molecule has 2 aromatic carbocycles. The molecule has 25 nitrogen and oxygen atoms in total. The summed E-state index contributed by atoms with van der Waals surface area (Å²) in [5, 5.41) is 111. The van der Waals surface area contributed by atoms with Crippen LogP contribution in [0.4, 0.5) is 0 Å². The van der Waals surface area contributed by atoms with Crippen molar-refractivity contribution in [3.05, 3.63) is 28.8 Å². The minimum atomic E-state index is -1.96.